The number of fused-ring (bicyclic) bond motifs is 1. The standard InChI is InChI=1S/C22H23N3O2/c1-22(2,3)16-9-11-17(12-10-16)24-19(26)14-20(27)25-18-8-4-6-15-7-5-13-23-21(15)18/h4-13H,14H2,1-3H3,(H,24,26)(H,25,27). The topological polar surface area (TPSA) is 71.1 Å². The Balaban J connectivity index is 1.61. The fraction of sp³-hybridized carbons (Fsp3) is 0.227. The molecular formula is C22H23N3O2. The van der Waals surface area contributed by atoms with Gasteiger partial charge in [-0.15, -0.1) is 0 Å². The Hall–Kier alpha value is -3.21. The normalized spacial score (nSPS) is 11.2. The lowest BCUT2D eigenvalue weighted by Gasteiger charge is -2.19. The van der Waals surface area contributed by atoms with Crippen molar-refractivity contribution in [2.24, 2.45) is 0 Å². The van der Waals surface area contributed by atoms with E-state index in [0.29, 0.717) is 16.9 Å². The second-order valence-corrected chi connectivity index (χ2v) is 7.48. The largest absolute Gasteiger partial charge is 0.326 e. The van der Waals surface area contributed by atoms with Crippen molar-refractivity contribution >= 4 is 34.1 Å². The number of rotatable bonds is 4. The second-order valence-electron chi connectivity index (χ2n) is 7.48. The summed E-state index contributed by atoms with van der Waals surface area (Å²) >= 11 is 0. The van der Waals surface area contributed by atoms with Gasteiger partial charge in [-0.2, -0.15) is 0 Å². The Morgan fingerprint density at radius 3 is 2.26 bits per heavy atom. The molecule has 5 nitrogen and oxygen atoms in total. The monoisotopic (exact) mass is 361 g/mol. The van der Waals surface area contributed by atoms with Gasteiger partial charge < -0.3 is 10.6 Å². The third-order valence-corrected chi connectivity index (χ3v) is 4.26. The molecular weight excluding hydrogens is 338 g/mol. The SMILES string of the molecule is CC(C)(C)c1ccc(NC(=O)CC(=O)Nc2cccc3cccnc23)cc1. The Morgan fingerprint density at radius 1 is 0.889 bits per heavy atom. The summed E-state index contributed by atoms with van der Waals surface area (Å²) in [4.78, 5) is 28.7. The van der Waals surface area contributed by atoms with E-state index >= 15 is 0 Å². The molecule has 5 heteroatoms. The fourth-order valence-corrected chi connectivity index (χ4v) is 2.80. The minimum atomic E-state index is -0.378. The number of nitrogens with one attached hydrogen (secondary N) is 2. The molecule has 3 aromatic rings. The number of amides is 2. The van der Waals surface area contributed by atoms with Crippen LogP contribution in [0.4, 0.5) is 11.4 Å². The lowest BCUT2D eigenvalue weighted by molar-refractivity contribution is -0.123. The molecule has 0 aliphatic carbocycles. The van der Waals surface area contributed by atoms with Crippen molar-refractivity contribution in [3.05, 3.63) is 66.4 Å². The third kappa shape index (κ3) is 4.70. The Bertz CT molecular complexity index is 968. The maximum absolute atomic E-state index is 12.2. The molecule has 3 rings (SSSR count). The minimum absolute atomic E-state index is 0.0505. The molecule has 0 saturated heterocycles. The molecule has 2 N–H and O–H groups in total. The number of nitrogens with zero attached hydrogens (tertiary/aromatic N) is 1. The van der Waals surface area contributed by atoms with Crippen molar-refractivity contribution in [3.8, 4) is 0 Å². The molecule has 2 amide bonds. The zero-order valence-corrected chi connectivity index (χ0v) is 15.7. The van der Waals surface area contributed by atoms with Crippen molar-refractivity contribution in [3.63, 3.8) is 0 Å². The molecule has 0 atom stereocenters. The maximum Gasteiger partial charge on any atom is 0.233 e. The number of aromatic nitrogens is 1. The predicted molar refractivity (Wildman–Crippen MR) is 109 cm³/mol. The molecule has 0 saturated carbocycles. The summed E-state index contributed by atoms with van der Waals surface area (Å²) < 4.78 is 0. The van der Waals surface area contributed by atoms with Crippen LogP contribution in [0, 0.1) is 0 Å². The van der Waals surface area contributed by atoms with Crippen LogP contribution in [-0.2, 0) is 15.0 Å². The first-order valence-electron chi connectivity index (χ1n) is 8.87. The number of para-hydroxylation sites is 1. The first kappa shape index (κ1) is 18.6. The van der Waals surface area contributed by atoms with Gasteiger partial charge >= 0.3 is 0 Å². The number of pyridine rings is 1. The number of hydrogen-bond donors (Lipinski definition) is 2. The molecule has 0 spiro atoms. The lowest BCUT2D eigenvalue weighted by Crippen LogP contribution is -2.21. The van der Waals surface area contributed by atoms with E-state index in [-0.39, 0.29) is 23.7 Å². The highest BCUT2D eigenvalue weighted by Gasteiger charge is 2.14. The summed E-state index contributed by atoms with van der Waals surface area (Å²) in [6, 6.07) is 17.0. The number of benzene rings is 2. The molecule has 1 aromatic heterocycles. The second kappa shape index (κ2) is 7.58. The lowest BCUT2D eigenvalue weighted by atomic mass is 9.87. The van der Waals surface area contributed by atoms with E-state index < -0.39 is 0 Å². The van der Waals surface area contributed by atoms with Crippen LogP contribution in [-0.4, -0.2) is 16.8 Å². The Kier molecular flexibility index (Phi) is 5.21. The van der Waals surface area contributed by atoms with Crippen LogP contribution in [0.1, 0.15) is 32.8 Å². The van der Waals surface area contributed by atoms with Crippen molar-refractivity contribution in [2.75, 3.05) is 10.6 Å². The van der Waals surface area contributed by atoms with Gasteiger partial charge in [0.15, 0.2) is 0 Å². The zero-order chi connectivity index (χ0) is 19.4. The molecule has 0 aliphatic rings. The van der Waals surface area contributed by atoms with Gasteiger partial charge in [0.05, 0.1) is 11.2 Å². The van der Waals surface area contributed by atoms with Gasteiger partial charge in [-0.3, -0.25) is 14.6 Å². The predicted octanol–water partition coefficient (Wildman–Crippen LogP) is 4.50. The highest BCUT2D eigenvalue weighted by atomic mass is 16.2. The van der Waals surface area contributed by atoms with Gasteiger partial charge in [-0.1, -0.05) is 51.1 Å². The van der Waals surface area contributed by atoms with E-state index in [1.165, 1.54) is 5.56 Å². The zero-order valence-electron chi connectivity index (χ0n) is 15.7. The van der Waals surface area contributed by atoms with Crippen molar-refractivity contribution < 1.29 is 9.59 Å². The summed E-state index contributed by atoms with van der Waals surface area (Å²) in [5.74, 6) is -0.735. The number of carbonyl (C=O) groups is 2. The van der Waals surface area contributed by atoms with E-state index in [1.807, 2.05) is 48.5 Å². The molecule has 2 aromatic carbocycles. The summed E-state index contributed by atoms with van der Waals surface area (Å²) in [5.41, 5.74) is 3.20. The molecule has 1 heterocycles. The van der Waals surface area contributed by atoms with Crippen molar-refractivity contribution in [1.82, 2.24) is 4.98 Å². The molecule has 138 valence electrons. The molecule has 0 fully saturated rings. The van der Waals surface area contributed by atoms with Gasteiger partial charge in [0.2, 0.25) is 11.8 Å². The molecule has 0 aliphatic heterocycles. The summed E-state index contributed by atoms with van der Waals surface area (Å²) in [6.07, 6.45) is 1.41. The van der Waals surface area contributed by atoms with Crippen LogP contribution in [0.15, 0.2) is 60.8 Å². The van der Waals surface area contributed by atoms with Crippen LogP contribution < -0.4 is 10.6 Å². The molecule has 0 radical (unpaired) electrons. The first-order chi connectivity index (χ1) is 12.8. The third-order valence-electron chi connectivity index (χ3n) is 4.26. The van der Waals surface area contributed by atoms with Gasteiger partial charge in [0, 0.05) is 17.3 Å². The average Bonchev–Trinajstić information content (AvgIpc) is 2.61. The van der Waals surface area contributed by atoms with Gasteiger partial charge in [-0.25, -0.2) is 0 Å². The van der Waals surface area contributed by atoms with Crippen LogP contribution in [0.5, 0.6) is 0 Å². The first-order valence-corrected chi connectivity index (χ1v) is 8.87. The highest BCUT2D eigenvalue weighted by Crippen LogP contribution is 2.24. The van der Waals surface area contributed by atoms with E-state index in [4.69, 9.17) is 0 Å². The fourth-order valence-electron chi connectivity index (χ4n) is 2.80. The number of carbonyl (C=O) groups excluding carboxylic acids is 2. The van der Waals surface area contributed by atoms with Gasteiger partial charge in [-0.05, 0) is 35.2 Å². The average molecular weight is 361 g/mol. The molecule has 27 heavy (non-hydrogen) atoms. The van der Waals surface area contributed by atoms with E-state index in [0.717, 1.165) is 5.39 Å². The van der Waals surface area contributed by atoms with E-state index in [9.17, 15) is 9.59 Å². The Morgan fingerprint density at radius 2 is 1.56 bits per heavy atom. The smallest absolute Gasteiger partial charge is 0.233 e. The number of hydrogen-bond acceptors (Lipinski definition) is 3. The summed E-state index contributed by atoms with van der Waals surface area (Å²) in [5, 5.41) is 6.46. The molecule has 0 unspecified atom stereocenters. The Labute approximate surface area is 158 Å². The number of anilines is 2. The van der Waals surface area contributed by atoms with Crippen LogP contribution >= 0.6 is 0 Å². The van der Waals surface area contributed by atoms with Crippen molar-refractivity contribution in [1.29, 1.82) is 0 Å². The van der Waals surface area contributed by atoms with Crippen LogP contribution in [0.3, 0.4) is 0 Å². The van der Waals surface area contributed by atoms with E-state index in [1.54, 1.807) is 12.3 Å². The summed E-state index contributed by atoms with van der Waals surface area (Å²) in [6.45, 7) is 6.40. The molecule has 0 bridgehead atoms. The van der Waals surface area contributed by atoms with Gasteiger partial charge in [0.1, 0.15) is 6.42 Å². The van der Waals surface area contributed by atoms with E-state index in [2.05, 4.69) is 36.4 Å². The maximum atomic E-state index is 12.2. The van der Waals surface area contributed by atoms with Crippen LogP contribution in [0.25, 0.3) is 10.9 Å². The minimum Gasteiger partial charge on any atom is -0.326 e. The van der Waals surface area contributed by atoms with Crippen molar-refractivity contribution in [2.45, 2.75) is 32.6 Å². The van der Waals surface area contributed by atoms with Crippen LogP contribution in [0.2, 0.25) is 0 Å². The quantitative estimate of drug-likeness (QED) is 0.672. The van der Waals surface area contributed by atoms with Gasteiger partial charge in [0.25, 0.3) is 0 Å². The summed E-state index contributed by atoms with van der Waals surface area (Å²) in [7, 11) is 0. The highest BCUT2D eigenvalue weighted by molar-refractivity contribution is 6.10.